The van der Waals surface area contributed by atoms with E-state index < -0.39 is 10.4 Å². The van der Waals surface area contributed by atoms with Gasteiger partial charge in [-0.05, 0) is 12.8 Å². The van der Waals surface area contributed by atoms with Crippen LogP contribution in [-0.2, 0) is 28.7 Å². The monoisotopic (exact) mass is 324 g/mol. The van der Waals surface area contributed by atoms with Gasteiger partial charge in [-0.25, -0.2) is 8.42 Å². The van der Waals surface area contributed by atoms with Gasteiger partial charge in [-0.15, -0.1) is 9.36 Å². The fourth-order valence-corrected chi connectivity index (χ4v) is 2.63. The second-order valence-corrected chi connectivity index (χ2v) is 6.39. The number of halogens is 1. The third kappa shape index (κ3) is 5.05. The molecule has 1 saturated carbocycles. The Bertz CT molecular complexity index is 536. The van der Waals surface area contributed by atoms with Crippen molar-refractivity contribution in [3.63, 3.8) is 0 Å². The summed E-state index contributed by atoms with van der Waals surface area (Å²) >= 11 is 6.10. The van der Waals surface area contributed by atoms with E-state index in [0.29, 0.717) is 0 Å². The highest BCUT2D eigenvalue weighted by atomic mass is 35.5. The largest absolute Gasteiger partial charge is 0.726 e. The first kappa shape index (κ1) is 17.4. The van der Waals surface area contributed by atoms with Crippen LogP contribution in [0.1, 0.15) is 43.7 Å². The maximum atomic E-state index is 9.22. The highest BCUT2D eigenvalue weighted by Crippen LogP contribution is 2.31. The van der Waals surface area contributed by atoms with Crippen molar-refractivity contribution in [3.05, 3.63) is 16.9 Å². The van der Waals surface area contributed by atoms with Crippen LogP contribution in [0, 0.1) is 0 Å². The summed E-state index contributed by atoms with van der Waals surface area (Å²) in [5.74, 6) is 0.729. The van der Waals surface area contributed by atoms with Gasteiger partial charge < -0.3 is 4.55 Å². The lowest BCUT2D eigenvalue weighted by atomic mass is 9.87. The summed E-state index contributed by atoms with van der Waals surface area (Å²) in [4.78, 5) is 0. The van der Waals surface area contributed by atoms with Gasteiger partial charge in [0.05, 0.1) is 14.2 Å². The molecule has 1 aliphatic rings. The molecule has 1 aromatic rings. The number of nitrogens with zero attached hydrogens (tertiary/aromatic N) is 2. The molecule has 0 radical (unpaired) electrons. The first-order chi connectivity index (χ1) is 9.26. The molecular formula is C12H21ClN2O4S. The summed E-state index contributed by atoms with van der Waals surface area (Å²) in [5, 5.41) is 0.841. The molecule has 0 unspecified atom stereocenters. The molecule has 0 bridgehead atoms. The molecule has 1 heterocycles. The smallest absolute Gasteiger partial charge is 0.217 e. The van der Waals surface area contributed by atoms with Gasteiger partial charge >= 0.3 is 0 Å². The lowest BCUT2D eigenvalue weighted by molar-refractivity contribution is -0.758. The van der Waals surface area contributed by atoms with Crippen LogP contribution in [0.15, 0.2) is 6.07 Å². The predicted molar refractivity (Wildman–Crippen MR) is 74.1 cm³/mol. The first-order valence-electron chi connectivity index (χ1n) is 6.49. The van der Waals surface area contributed by atoms with Crippen LogP contribution >= 0.6 is 11.6 Å². The van der Waals surface area contributed by atoms with Crippen molar-refractivity contribution >= 4 is 22.0 Å². The maximum Gasteiger partial charge on any atom is 0.217 e. The molecule has 0 N–H and O–H groups in total. The molecule has 8 heteroatoms. The molecule has 2 rings (SSSR count). The van der Waals surface area contributed by atoms with E-state index in [1.807, 2.05) is 11.7 Å². The Morgan fingerprint density at radius 3 is 2.25 bits per heavy atom. The van der Waals surface area contributed by atoms with E-state index >= 15 is 0 Å². The normalized spacial score (nSPS) is 16.6. The van der Waals surface area contributed by atoms with Crippen LogP contribution in [0.2, 0.25) is 5.15 Å². The summed E-state index contributed by atoms with van der Waals surface area (Å²) in [6.45, 7) is 0. The maximum absolute atomic E-state index is 9.22. The molecule has 20 heavy (non-hydrogen) atoms. The van der Waals surface area contributed by atoms with Crippen molar-refractivity contribution < 1.29 is 21.8 Å². The molecule has 0 spiro atoms. The quantitative estimate of drug-likeness (QED) is 0.471. The third-order valence-corrected chi connectivity index (χ3v) is 4.39. The van der Waals surface area contributed by atoms with E-state index in [1.54, 1.807) is 0 Å². The zero-order chi connectivity index (χ0) is 15.3. The molecule has 0 aromatic carbocycles. The number of hydrogen-bond acceptors (Lipinski definition) is 4. The lowest BCUT2D eigenvalue weighted by Crippen LogP contribution is -2.41. The van der Waals surface area contributed by atoms with E-state index in [0.717, 1.165) is 18.2 Å². The van der Waals surface area contributed by atoms with E-state index in [1.165, 1.54) is 37.8 Å². The average Bonchev–Trinajstić information content (AvgIpc) is 2.67. The number of aromatic nitrogens is 2. The summed E-state index contributed by atoms with van der Waals surface area (Å²) in [7, 11) is 0.497. The fraction of sp³-hybridized carbons (Fsp3) is 0.750. The van der Waals surface area contributed by atoms with Crippen LogP contribution < -0.4 is 4.68 Å². The molecule has 1 fully saturated rings. The SMILES string of the molecule is COS(=O)(=O)[O-].Cn1c(Cl)cc(C2CCCCC2)[n+]1C. The van der Waals surface area contributed by atoms with Crippen molar-refractivity contribution in [2.45, 2.75) is 38.0 Å². The van der Waals surface area contributed by atoms with E-state index in [9.17, 15) is 13.0 Å². The summed E-state index contributed by atoms with van der Waals surface area (Å²) in [6, 6.07) is 2.12. The van der Waals surface area contributed by atoms with Crippen molar-refractivity contribution in [3.8, 4) is 0 Å². The van der Waals surface area contributed by atoms with E-state index in [4.69, 9.17) is 11.6 Å². The second-order valence-electron chi connectivity index (χ2n) is 4.85. The molecule has 1 aromatic heterocycles. The molecular weight excluding hydrogens is 304 g/mol. The van der Waals surface area contributed by atoms with Crippen LogP contribution in [0.25, 0.3) is 0 Å². The summed E-state index contributed by atoms with van der Waals surface area (Å²) < 4.78 is 35.2. The van der Waals surface area contributed by atoms with E-state index in [-0.39, 0.29) is 0 Å². The summed E-state index contributed by atoms with van der Waals surface area (Å²) in [5.41, 5.74) is 1.40. The minimum atomic E-state index is -4.41. The van der Waals surface area contributed by atoms with Gasteiger partial charge in [0.2, 0.25) is 16.1 Å². The van der Waals surface area contributed by atoms with Gasteiger partial charge in [-0.2, -0.15) is 0 Å². The Kier molecular flexibility index (Phi) is 6.44. The fourth-order valence-electron chi connectivity index (χ4n) is 2.41. The van der Waals surface area contributed by atoms with Crippen LogP contribution in [-0.4, -0.2) is 24.8 Å². The standard InChI is InChI=1S/C11H18ClN2.CH4O4S/c1-13-10(8-11(12)14(13)2)9-6-4-3-5-7-9;1-5-6(2,3)4/h8-9H,3-7H2,1-2H3;1H3,(H,2,3,4)/q+1;/p-1. The molecule has 0 aliphatic heterocycles. The highest BCUT2D eigenvalue weighted by molar-refractivity contribution is 7.80. The molecule has 1 aliphatic carbocycles. The van der Waals surface area contributed by atoms with Gasteiger partial charge in [-0.1, -0.05) is 30.9 Å². The number of hydrogen-bond donors (Lipinski definition) is 0. The third-order valence-electron chi connectivity index (χ3n) is 3.63. The summed E-state index contributed by atoms with van der Waals surface area (Å²) in [6.07, 6.45) is 6.80. The molecule has 0 atom stereocenters. The van der Waals surface area contributed by atoms with Gasteiger partial charge in [0.15, 0.2) is 12.2 Å². The Balaban J connectivity index is 0.000000286. The zero-order valence-corrected chi connectivity index (χ0v) is 13.6. The Morgan fingerprint density at radius 1 is 1.40 bits per heavy atom. The van der Waals surface area contributed by atoms with Crippen LogP contribution in [0.3, 0.4) is 0 Å². The zero-order valence-electron chi connectivity index (χ0n) is 12.0. The van der Waals surface area contributed by atoms with Crippen molar-refractivity contribution in [2.24, 2.45) is 14.1 Å². The van der Waals surface area contributed by atoms with Gasteiger partial charge in [-0.3, -0.25) is 4.18 Å². The molecule has 0 saturated heterocycles. The minimum Gasteiger partial charge on any atom is -0.726 e. The highest BCUT2D eigenvalue weighted by Gasteiger charge is 2.26. The van der Waals surface area contributed by atoms with Gasteiger partial charge in [0.25, 0.3) is 0 Å². The van der Waals surface area contributed by atoms with E-state index in [2.05, 4.69) is 22.0 Å². The predicted octanol–water partition coefficient (Wildman–Crippen LogP) is 1.64. The minimum absolute atomic E-state index is 0.729. The molecule has 6 nitrogen and oxygen atoms in total. The number of rotatable bonds is 2. The average molecular weight is 325 g/mol. The van der Waals surface area contributed by atoms with Crippen molar-refractivity contribution in [1.82, 2.24) is 4.68 Å². The van der Waals surface area contributed by atoms with Gasteiger partial charge in [0.1, 0.15) is 0 Å². The van der Waals surface area contributed by atoms with Crippen LogP contribution in [0.4, 0.5) is 0 Å². The Morgan fingerprint density at radius 2 is 1.90 bits per heavy atom. The van der Waals surface area contributed by atoms with Crippen molar-refractivity contribution in [1.29, 1.82) is 0 Å². The lowest BCUT2D eigenvalue weighted by Gasteiger charge is -2.17. The van der Waals surface area contributed by atoms with Crippen LogP contribution in [0.5, 0.6) is 0 Å². The first-order valence-corrected chi connectivity index (χ1v) is 8.20. The van der Waals surface area contributed by atoms with Gasteiger partial charge in [0, 0.05) is 12.0 Å². The Labute approximate surface area is 125 Å². The second kappa shape index (κ2) is 7.40. The molecule has 0 amide bonds. The topological polar surface area (TPSA) is 75.2 Å². The van der Waals surface area contributed by atoms with Crippen molar-refractivity contribution in [2.75, 3.05) is 7.11 Å². The Hall–Kier alpha value is -0.630. The molecule has 116 valence electrons.